The first kappa shape index (κ1) is 21.2. The van der Waals surface area contributed by atoms with Crippen LogP contribution in [0.25, 0.3) is 11.0 Å². The monoisotopic (exact) mass is 413 g/mol. The number of fused-ring (bicyclic) bond motifs is 1. The molecule has 154 valence electrons. The summed E-state index contributed by atoms with van der Waals surface area (Å²) in [4.78, 5) is 24.1. The third kappa shape index (κ3) is 4.27. The number of hydrogen-bond acceptors (Lipinski definition) is 4. The Hall–Kier alpha value is -2.47. The highest BCUT2D eigenvalue weighted by Crippen LogP contribution is 2.29. The fourth-order valence-electron chi connectivity index (χ4n) is 3.29. The standard InChI is InChI=1S/C22H28ClN5O/c1-13(2)17-10-16(19-14(3)26-28(20(19)25-17)22(4,5)6)21(29)27(7)12-15-8-9-18(23)24-11-15/h8-11,13H,12H2,1-7H3. The minimum absolute atomic E-state index is 0.0641. The molecule has 3 aromatic rings. The van der Waals surface area contributed by atoms with Crippen LogP contribution in [0.4, 0.5) is 0 Å². The molecule has 0 aliphatic carbocycles. The Bertz CT molecular complexity index is 1050. The van der Waals surface area contributed by atoms with Crippen LogP contribution in [0.1, 0.15) is 67.8 Å². The van der Waals surface area contributed by atoms with Crippen molar-refractivity contribution >= 4 is 28.5 Å². The Kier molecular flexibility index (Phi) is 5.68. The van der Waals surface area contributed by atoms with Crippen LogP contribution in [0.2, 0.25) is 5.15 Å². The highest BCUT2D eigenvalue weighted by molar-refractivity contribution is 6.29. The number of carbonyl (C=O) groups excluding carboxylic acids is 1. The molecular formula is C22H28ClN5O. The van der Waals surface area contributed by atoms with E-state index in [2.05, 4.69) is 39.6 Å². The van der Waals surface area contributed by atoms with Gasteiger partial charge in [-0.2, -0.15) is 5.10 Å². The molecule has 0 saturated heterocycles. The van der Waals surface area contributed by atoms with E-state index in [9.17, 15) is 4.79 Å². The summed E-state index contributed by atoms with van der Waals surface area (Å²) in [5, 5.41) is 5.97. The van der Waals surface area contributed by atoms with E-state index in [1.54, 1.807) is 24.2 Å². The van der Waals surface area contributed by atoms with Crippen LogP contribution in [-0.4, -0.2) is 37.6 Å². The molecule has 0 spiro atoms. The van der Waals surface area contributed by atoms with E-state index < -0.39 is 0 Å². The minimum Gasteiger partial charge on any atom is -0.337 e. The van der Waals surface area contributed by atoms with Crippen molar-refractivity contribution in [3.8, 4) is 0 Å². The van der Waals surface area contributed by atoms with Crippen molar-refractivity contribution in [2.45, 2.75) is 59.5 Å². The number of carbonyl (C=O) groups is 1. The third-order valence-corrected chi connectivity index (χ3v) is 5.07. The van der Waals surface area contributed by atoms with Crippen LogP contribution < -0.4 is 0 Å². The molecule has 0 saturated carbocycles. The number of halogens is 1. The van der Waals surface area contributed by atoms with Crippen molar-refractivity contribution in [3.05, 3.63) is 52.1 Å². The zero-order valence-electron chi connectivity index (χ0n) is 18.1. The zero-order chi connectivity index (χ0) is 21.5. The smallest absolute Gasteiger partial charge is 0.254 e. The van der Waals surface area contributed by atoms with E-state index in [0.717, 1.165) is 28.0 Å². The van der Waals surface area contributed by atoms with E-state index in [-0.39, 0.29) is 17.4 Å². The summed E-state index contributed by atoms with van der Waals surface area (Å²) in [7, 11) is 1.79. The van der Waals surface area contributed by atoms with Crippen LogP contribution in [-0.2, 0) is 12.1 Å². The number of amides is 1. The molecule has 0 radical (unpaired) electrons. The maximum Gasteiger partial charge on any atom is 0.254 e. The summed E-state index contributed by atoms with van der Waals surface area (Å²) < 4.78 is 1.92. The van der Waals surface area contributed by atoms with Gasteiger partial charge in [-0.1, -0.05) is 31.5 Å². The van der Waals surface area contributed by atoms with Crippen LogP contribution >= 0.6 is 11.6 Å². The van der Waals surface area contributed by atoms with Crippen molar-refractivity contribution in [1.82, 2.24) is 24.6 Å². The second-order valence-electron chi connectivity index (χ2n) is 8.77. The molecule has 0 aromatic carbocycles. The number of hydrogen-bond donors (Lipinski definition) is 0. The molecule has 0 bridgehead atoms. The van der Waals surface area contributed by atoms with Gasteiger partial charge in [-0.3, -0.25) is 4.79 Å². The first-order valence-electron chi connectivity index (χ1n) is 9.75. The zero-order valence-corrected chi connectivity index (χ0v) is 18.9. The number of pyridine rings is 2. The molecule has 3 heterocycles. The van der Waals surface area contributed by atoms with E-state index in [0.29, 0.717) is 17.3 Å². The molecule has 0 atom stereocenters. The lowest BCUT2D eigenvalue weighted by Crippen LogP contribution is -2.27. The van der Waals surface area contributed by atoms with Crippen molar-refractivity contribution in [1.29, 1.82) is 0 Å². The predicted molar refractivity (Wildman–Crippen MR) is 116 cm³/mol. The van der Waals surface area contributed by atoms with Crippen LogP contribution in [0.3, 0.4) is 0 Å². The highest BCUT2D eigenvalue weighted by Gasteiger charge is 2.26. The molecule has 3 rings (SSSR count). The summed E-state index contributed by atoms with van der Waals surface area (Å²) in [5.41, 5.74) is 3.76. The number of aryl methyl sites for hydroxylation is 1. The van der Waals surface area contributed by atoms with Gasteiger partial charge < -0.3 is 4.90 Å². The lowest BCUT2D eigenvalue weighted by atomic mass is 10.0. The average Bonchev–Trinajstić information content (AvgIpc) is 2.99. The second-order valence-corrected chi connectivity index (χ2v) is 9.15. The van der Waals surface area contributed by atoms with E-state index in [1.807, 2.05) is 23.7 Å². The number of nitrogens with zero attached hydrogens (tertiary/aromatic N) is 5. The normalized spacial score (nSPS) is 12.0. The van der Waals surface area contributed by atoms with Crippen molar-refractivity contribution in [2.75, 3.05) is 7.05 Å². The van der Waals surface area contributed by atoms with Crippen molar-refractivity contribution < 1.29 is 4.79 Å². The molecular weight excluding hydrogens is 386 g/mol. The van der Waals surface area contributed by atoms with Crippen molar-refractivity contribution in [2.24, 2.45) is 0 Å². The maximum absolute atomic E-state index is 13.4. The summed E-state index contributed by atoms with van der Waals surface area (Å²) in [6.07, 6.45) is 1.69. The maximum atomic E-state index is 13.4. The molecule has 0 unspecified atom stereocenters. The molecule has 7 heteroatoms. The van der Waals surface area contributed by atoms with Crippen molar-refractivity contribution in [3.63, 3.8) is 0 Å². The molecule has 0 fully saturated rings. The second kappa shape index (κ2) is 7.75. The Labute approximate surface area is 176 Å². The highest BCUT2D eigenvalue weighted by atomic mass is 35.5. The van der Waals surface area contributed by atoms with Crippen LogP contribution in [0, 0.1) is 6.92 Å². The van der Waals surface area contributed by atoms with Gasteiger partial charge in [-0.25, -0.2) is 14.6 Å². The Morgan fingerprint density at radius 1 is 1.28 bits per heavy atom. The van der Waals surface area contributed by atoms with Gasteiger partial charge in [0.15, 0.2) is 5.65 Å². The Morgan fingerprint density at radius 2 is 1.97 bits per heavy atom. The molecule has 6 nitrogen and oxygen atoms in total. The minimum atomic E-state index is -0.240. The Balaban J connectivity index is 2.10. The van der Waals surface area contributed by atoms with E-state index >= 15 is 0 Å². The molecule has 0 aliphatic rings. The lowest BCUT2D eigenvalue weighted by Gasteiger charge is -2.21. The summed E-state index contributed by atoms with van der Waals surface area (Å²) in [5.74, 6) is 0.131. The van der Waals surface area contributed by atoms with Gasteiger partial charge in [0.05, 0.1) is 22.2 Å². The fourth-order valence-corrected chi connectivity index (χ4v) is 3.40. The SMILES string of the molecule is Cc1nn(C(C)(C)C)c2nc(C(C)C)cc(C(=O)N(C)Cc3ccc(Cl)nc3)c12. The fraction of sp³-hybridized carbons (Fsp3) is 0.455. The van der Waals surface area contributed by atoms with Gasteiger partial charge in [0.25, 0.3) is 5.91 Å². The summed E-state index contributed by atoms with van der Waals surface area (Å²) in [6, 6.07) is 5.52. The Morgan fingerprint density at radius 3 is 2.52 bits per heavy atom. The van der Waals surface area contributed by atoms with Gasteiger partial charge in [0.1, 0.15) is 5.15 Å². The molecule has 0 N–H and O–H groups in total. The van der Waals surface area contributed by atoms with Gasteiger partial charge in [0, 0.05) is 25.5 Å². The van der Waals surface area contributed by atoms with Gasteiger partial charge in [-0.15, -0.1) is 0 Å². The topological polar surface area (TPSA) is 63.9 Å². The quantitative estimate of drug-likeness (QED) is 0.568. The number of aromatic nitrogens is 4. The molecule has 29 heavy (non-hydrogen) atoms. The average molecular weight is 414 g/mol. The first-order chi connectivity index (χ1) is 13.5. The summed E-state index contributed by atoms with van der Waals surface area (Å²) in [6.45, 7) is 12.8. The lowest BCUT2D eigenvalue weighted by molar-refractivity contribution is 0.0786. The van der Waals surface area contributed by atoms with Gasteiger partial charge in [0.2, 0.25) is 0 Å². The van der Waals surface area contributed by atoms with Crippen LogP contribution in [0.15, 0.2) is 24.4 Å². The molecule has 3 aromatic heterocycles. The third-order valence-electron chi connectivity index (χ3n) is 4.85. The number of rotatable bonds is 4. The van der Waals surface area contributed by atoms with Gasteiger partial charge in [-0.05, 0) is 51.3 Å². The van der Waals surface area contributed by atoms with E-state index in [4.69, 9.17) is 21.7 Å². The largest absolute Gasteiger partial charge is 0.337 e. The predicted octanol–water partition coefficient (Wildman–Crippen LogP) is 4.94. The van der Waals surface area contributed by atoms with E-state index in [1.165, 1.54) is 0 Å². The molecule has 1 amide bonds. The molecule has 0 aliphatic heterocycles. The van der Waals surface area contributed by atoms with Crippen LogP contribution in [0.5, 0.6) is 0 Å². The van der Waals surface area contributed by atoms with Gasteiger partial charge >= 0.3 is 0 Å². The first-order valence-corrected chi connectivity index (χ1v) is 10.1. The summed E-state index contributed by atoms with van der Waals surface area (Å²) >= 11 is 5.87.